The second kappa shape index (κ2) is 13.0. The molecule has 4 fully saturated rings. The zero-order chi connectivity index (χ0) is 31.8. The summed E-state index contributed by atoms with van der Waals surface area (Å²) in [4.78, 5) is 43.8. The van der Waals surface area contributed by atoms with Gasteiger partial charge in [-0.1, -0.05) is 0 Å². The Labute approximate surface area is 270 Å². The zero-order valence-corrected chi connectivity index (χ0v) is 26.9. The van der Waals surface area contributed by atoms with Gasteiger partial charge in [0, 0.05) is 54.3 Å². The number of pyridine rings is 2. The van der Waals surface area contributed by atoms with E-state index in [1.54, 1.807) is 24.5 Å². The molecule has 2 amide bonds. The molecule has 1 atom stereocenters. The molecule has 244 valence electrons. The highest BCUT2D eigenvalue weighted by Gasteiger charge is 2.41. The molecule has 1 saturated heterocycles. The van der Waals surface area contributed by atoms with Crippen LogP contribution in [-0.4, -0.2) is 63.2 Å². The van der Waals surface area contributed by atoms with Crippen LogP contribution in [0.25, 0.3) is 11.3 Å². The number of likely N-dealkylation sites (tertiary alicyclic amines) is 1. The number of carbonyl (C=O) groups excluding carboxylic acids is 1. The SMILES string of the molecule is COc1ccc([C@H]2CC[C@H](CN(c3cc(-c4coc(C5CC5)n4)ccn3)C(=O)[C@H]3CC[C@H](C4CCN4C(=O)O)CC3)CC2)nc1C. The number of aryl methyl sites for hydroxylation is 1. The number of ether oxygens (including phenoxy) is 1. The quantitative estimate of drug-likeness (QED) is 0.265. The maximum Gasteiger partial charge on any atom is 0.407 e. The molecule has 0 radical (unpaired) electrons. The average Bonchev–Trinajstić information content (AvgIpc) is 3.79. The van der Waals surface area contributed by atoms with Gasteiger partial charge in [0.15, 0.2) is 5.89 Å². The van der Waals surface area contributed by atoms with Gasteiger partial charge in [-0.15, -0.1) is 0 Å². The van der Waals surface area contributed by atoms with Crippen molar-refractivity contribution < 1.29 is 23.8 Å². The third kappa shape index (κ3) is 6.35. The summed E-state index contributed by atoms with van der Waals surface area (Å²) in [6.45, 7) is 3.25. The minimum atomic E-state index is -0.824. The van der Waals surface area contributed by atoms with Gasteiger partial charge in [0.25, 0.3) is 0 Å². The lowest BCUT2D eigenvalue weighted by molar-refractivity contribution is -0.124. The molecular weight excluding hydrogens is 582 g/mol. The number of hydrogen-bond acceptors (Lipinski definition) is 7. The molecule has 3 aromatic heterocycles. The normalized spacial score (nSPS) is 26.3. The van der Waals surface area contributed by atoms with Crippen LogP contribution in [0.4, 0.5) is 10.6 Å². The van der Waals surface area contributed by atoms with Crippen molar-refractivity contribution in [2.45, 2.75) is 95.4 Å². The van der Waals surface area contributed by atoms with E-state index in [1.807, 2.05) is 30.0 Å². The van der Waals surface area contributed by atoms with E-state index in [0.717, 1.165) is 105 Å². The summed E-state index contributed by atoms with van der Waals surface area (Å²) in [7, 11) is 1.68. The molecule has 4 aliphatic rings. The largest absolute Gasteiger partial charge is 0.495 e. The maximum absolute atomic E-state index is 14.4. The summed E-state index contributed by atoms with van der Waals surface area (Å²) in [5, 5.41) is 9.52. The molecule has 10 heteroatoms. The van der Waals surface area contributed by atoms with Gasteiger partial charge in [-0.3, -0.25) is 14.7 Å². The molecule has 0 spiro atoms. The van der Waals surface area contributed by atoms with Gasteiger partial charge in [-0.2, -0.15) is 0 Å². The van der Waals surface area contributed by atoms with E-state index in [-0.39, 0.29) is 17.9 Å². The highest BCUT2D eigenvalue weighted by molar-refractivity contribution is 5.94. The second-order valence-corrected chi connectivity index (χ2v) is 13.9. The Morgan fingerprint density at radius 3 is 2.39 bits per heavy atom. The van der Waals surface area contributed by atoms with Crippen molar-refractivity contribution in [3.8, 4) is 17.0 Å². The van der Waals surface area contributed by atoms with Crippen LogP contribution in [0.5, 0.6) is 5.75 Å². The third-order valence-corrected chi connectivity index (χ3v) is 11.0. The fraction of sp³-hybridized carbons (Fsp3) is 0.583. The summed E-state index contributed by atoms with van der Waals surface area (Å²) in [5.74, 6) is 3.88. The van der Waals surface area contributed by atoms with E-state index in [2.05, 4.69) is 6.07 Å². The van der Waals surface area contributed by atoms with Crippen molar-refractivity contribution in [3.63, 3.8) is 0 Å². The smallest absolute Gasteiger partial charge is 0.407 e. The van der Waals surface area contributed by atoms with E-state index >= 15 is 0 Å². The Bertz CT molecular complexity index is 1550. The fourth-order valence-electron chi connectivity index (χ4n) is 7.98. The van der Waals surface area contributed by atoms with Crippen LogP contribution in [0.3, 0.4) is 0 Å². The van der Waals surface area contributed by atoms with E-state index in [4.69, 9.17) is 24.1 Å². The first-order valence-corrected chi connectivity index (χ1v) is 17.1. The van der Waals surface area contributed by atoms with Crippen molar-refractivity contribution in [1.82, 2.24) is 19.9 Å². The molecule has 1 unspecified atom stereocenters. The maximum atomic E-state index is 14.4. The minimum Gasteiger partial charge on any atom is -0.495 e. The number of nitrogens with zero attached hydrogens (tertiary/aromatic N) is 5. The van der Waals surface area contributed by atoms with Gasteiger partial charge >= 0.3 is 6.09 Å². The van der Waals surface area contributed by atoms with E-state index in [0.29, 0.717) is 42.6 Å². The van der Waals surface area contributed by atoms with Crippen LogP contribution in [0, 0.1) is 24.7 Å². The molecule has 3 aliphatic carbocycles. The monoisotopic (exact) mass is 627 g/mol. The molecule has 7 rings (SSSR count). The van der Waals surface area contributed by atoms with Gasteiger partial charge in [-0.25, -0.2) is 14.8 Å². The van der Waals surface area contributed by atoms with Crippen LogP contribution in [0.1, 0.15) is 99.7 Å². The molecule has 1 N–H and O–H groups in total. The zero-order valence-electron chi connectivity index (χ0n) is 26.9. The van der Waals surface area contributed by atoms with Crippen molar-refractivity contribution >= 4 is 17.8 Å². The first kappa shape index (κ1) is 30.7. The topological polar surface area (TPSA) is 122 Å². The molecule has 10 nitrogen and oxygen atoms in total. The number of anilines is 1. The highest BCUT2D eigenvalue weighted by Crippen LogP contribution is 2.42. The van der Waals surface area contributed by atoms with Crippen LogP contribution in [0.2, 0.25) is 0 Å². The van der Waals surface area contributed by atoms with Crippen LogP contribution in [0.15, 0.2) is 41.1 Å². The van der Waals surface area contributed by atoms with Crippen molar-refractivity contribution in [2.75, 3.05) is 25.1 Å². The molecular formula is C36H45N5O5. The standard InChI is InChI=1S/C36H45N5O5/c1-22-32(45-2)14-13-29(38-22)24-5-3-23(4-6-24)20-41(33-19-28(15-17-37-33)30-21-46-34(39-30)26-9-10-26)35(42)27-11-7-25(8-12-27)31-16-18-40(31)36(43)44/h13-15,17,19,21,23-27,31H,3-12,16,18,20H2,1-2H3,(H,43,44)/t23-,24-,25-,27-,31?. The Hall–Kier alpha value is -3.95. The molecule has 3 aromatic rings. The molecule has 0 aromatic carbocycles. The highest BCUT2D eigenvalue weighted by atomic mass is 16.5. The predicted molar refractivity (Wildman–Crippen MR) is 173 cm³/mol. The predicted octanol–water partition coefficient (Wildman–Crippen LogP) is 7.19. The summed E-state index contributed by atoms with van der Waals surface area (Å²) in [5.41, 5.74) is 3.74. The lowest BCUT2D eigenvalue weighted by atomic mass is 9.74. The number of methoxy groups -OCH3 is 1. The lowest BCUT2D eigenvalue weighted by Gasteiger charge is -2.46. The number of oxazole rings is 1. The molecule has 4 heterocycles. The van der Waals surface area contributed by atoms with E-state index in [9.17, 15) is 14.7 Å². The number of carboxylic acid groups (broad SMARTS) is 1. The van der Waals surface area contributed by atoms with Crippen LogP contribution < -0.4 is 9.64 Å². The Kier molecular flexibility index (Phi) is 8.70. The summed E-state index contributed by atoms with van der Waals surface area (Å²) >= 11 is 0. The molecule has 46 heavy (non-hydrogen) atoms. The number of hydrogen-bond donors (Lipinski definition) is 1. The van der Waals surface area contributed by atoms with Gasteiger partial charge in [0.1, 0.15) is 23.5 Å². The van der Waals surface area contributed by atoms with Gasteiger partial charge < -0.3 is 19.2 Å². The number of carbonyl (C=O) groups is 2. The van der Waals surface area contributed by atoms with Crippen molar-refractivity contribution in [3.05, 3.63) is 54.0 Å². The minimum absolute atomic E-state index is 0.0867. The average molecular weight is 628 g/mol. The van der Waals surface area contributed by atoms with Crippen LogP contribution >= 0.6 is 0 Å². The Morgan fingerprint density at radius 2 is 1.74 bits per heavy atom. The Morgan fingerprint density at radius 1 is 0.978 bits per heavy atom. The summed E-state index contributed by atoms with van der Waals surface area (Å²) in [6.07, 6.45) is 13.3. The number of amides is 2. The first-order valence-electron chi connectivity index (χ1n) is 17.1. The van der Waals surface area contributed by atoms with Crippen molar-refractivity contribution in [2.24, 2.45) is 17.8 Å². The first-order chi connectivity index (χ1) is 22.4. The third-order valence-electron chi connectivity index (χ3n) is 11.0. The number of rotatable bonds is 9. The van der Waals surface area contributed by atoms with E-state index < -0.39 is 6.09 Å². The van der Waals surface area contributed by atoms with Crippen LogP contribution in [-0.2, 0) is 4.79 Å². The fourth-order valence-corrected chi connectivity index (χ4v) is 7.98. The molecule has 1 aliphatic heterocycles. The van der Waals surface area contributed by atoms with Gasteiger partial charge in [-0.05, 0) is 114 Å². The summed E-state index contributed by atoms with van der Waals surface area (Å²) in [6, 6.07) is 8.14. The molecule has 0 bridgehead atoms. The Balaban J connectivity index is 1.06. The van der Waals surface area contributed by atoms with Gasteiger partial charge in [0.05, 0.1) is 12.8 Å². The lowest BCUT2D eigenvalue weighted by Crippen LogP contribution is -2.55. The van der Waals surface area contributed by atoms with E-state index in [1.165, 1.54) is 0 Å². The number of aromatic nitrogens is 3. The summed E-state index contributed by atoms with van der Waals surface area (Å²) < 4.78 is 11.2. The molecule has 3 saturated carbocycles. The van der Waals surface area contributed by atoms with Gasteiger partial charge in [0.2, 0.25) is 5.91 Å². The second-order valence-electron chi connectivity index (χ2n) is 13.9. The van der Waals surface area contributed by atoms with Crippen molar-refractivity contribution in [1.29, 1.82) is 0 Å².